The smallest absolute Gasteiger partial charge is 0.244 e. The number of amides is 2. The molecule has 5 nitrogen and oxygen atoms in total. The molecule has 20 heavy (non-hydrogen) atoms. The molecule has 0 aliphatic carbocycles. The molecule has 3 N–H and O–H groups in total. The van der Waals surface area contributed by atoms with Crippen molar-refractivity contribution in [2.45, 2.75) is 19.9 Å². The zero-order valence-electron chi connectivity index (χ0n) is 12.3. The summed E-state index contributed by atoms with van der Waals surface area (Å²) in [5.74, 6) is -0.0581. The van der Waals surface area contributed by atoms with Crippen LogP contribution in [0, 0.1) is 5.92 Å². The Hall–Kier alpha value is -1.88. The summed E-state index contributed by atoms with van der Waals surface area (Å²) < 4.78 is 0. The molecule has 0 saturated heterocycles. The molecule has 0 aliphatic rings. The van der Waals surface area contributed by atoms with Gasteiger partial charge in [-0.05, 0) is 11.5 Å². The van der Waals surface area contributed by atoms with Crippen LogP contribution in [0.5, 0.6) is 0 Å². The molecule has 0 radical (unpaired) electrons. The minimum atomic E-state index is -0.737. The van der Waals surface area contributed by atoms with Crippen LogP contribution in [-0.4, -0.2) is 36.9 Å². The van der Waals surface area contributed by atoms with Crippen LogP contribution >= 0.6 is 0 Å². The molecule has 0 spiro atoms. The van der Waals surface area contributed by atoms with E-state index in [-0.39, 0.29) is 18.4 Å². The third kappa shape index (κ3) is 5.01. The van der Waals surface area contributed by atoms with Crippen molar-refractivity contribution in [3.05, 3.63) is 35.9 Å². The molecule has 1 aromatic rings. The Bertz CT molecular complexity index is 446. The van der Waals surface area contributed by atoms with Crippen molar-refractivity contribution in [1.29, 1.82) is 0 Å². The number of hydrogen-bond donors (Lipinski definition) is 2. The van der Waals surface area contributed by atoms with E-state index < -0.39 is 6.04 Å². The van der Waals surface area contributed by atoms with E-state index in [2.05, 4.69) is 5.32 Å². The fourth-order valence-corrected chi connectivity index (χ4v) is 1.71. The summed E-state index contributed by atoms with van der Waals surface area (Å²) in [6.45, 7) is 4.65. The van der Waals surface area contributed by atoms with Gasteiger partial charge in [0.25, 0.3) is 0 Å². The number of carbonyl (C=O) groups is 2. The van der Waals surface area contributed by atoms with E-state index in [0.29, 0.717) is 12.5 Å². The van der Waals surface area contributed by atoms with Gasteiger partial charge < -0.3 is 16.0 Å². The van der Waals surface area contributed by atoms with E-state index in [1.807, 2.05) is 32.0 Å². The lowest BCUT2D eigenvalue weighted by atomic mass is 10.1. The maximum absolute atomic E-state index is 12.1. The Morgan fingerprint density at radius 3 is 2.40 bits per heavy atom. The predicted molar refractivity (Wildman–Crippen MR) is 78.9 cm³/mol. The molecule has 0 bridgehead atoms. The lowest BCUT2D eigenvalue weighted by Gasteiger charge is -2.21. The van der Waals surface area contributed by atoms with Crippen LogP contribution in [0.1, 0.15) is 25.5 Å². The summed E-state index contributed by atoms with van der Waals surface area (Å²) in [6.07, 6.45) is 0. The fourth-order valence-electron chi connectivity index (χ4n) is 1.71. The van der Waals surface area contributed by atoms with Crippen LogP contribution in [0.4, 0.5) is 0 Å². The maximum atomic E-state index is 12.1. The largest absolute Gasteiger partial charge is 0.354 e. The number of rotatable bonds is 6. The quantitative estimate of drug-likeness (QED) is 0.812. The van der Waals surface area contributed by atoms with Crippen LogP contribution in [0.25, 0.3) is 0 Å². The highest BCUT2D eigenvalue weighted by Crippen LogP contribution is 2.11. The average Bonchev–Trinajstić information content (AvgIpc) is 2.44. The first-order valence-electron chi connectivity index (χ1n) is 6.74. The molecule has 1 rings (SSSR count). The zero-order valence-corrected chi connectivity index (χ0v) is 12.3. The van der Waals surface area contributed by atoms with Gasteiger partial charge in [-0.3, -0.25) is 9.59 Å². The summed E-state index contributed by atoms with van der Waals surface area (Å²) in [6, 6.07) is 8.39. The molecular formula is C15H23N3O2. The zero-order chi connectivity index (χ0) is 15.1. The van der Waals surface area contributed by atoms with Crippen LogP contribution < -0.4 is 11.1 Å². The van der Waals surface area contributed by atoms with E-state index in [9.17, 15) is 9.59 Å². The fraction of sp³-hybridized carbons (Fsp3) is 0.467. The second-order valence-corrected chi connectivity index (χ2v) is 5.28. The van der Waals surface area contributed by atoms with Gasteiger partial charge in [-0.2, -0.15) is 0 Å². The Morgan fingerprint density at radius 2 is 1.85 bits per heavy atom. The third-order valence-electron chi connectivity index (χ3n) is 2.89. The van der Waals surface area contributed by atoms with Crippen molar-refractivity contribution in [3.63, 3.8) is 0 Å². The monoisotopic (exact) mass is 277 g/mol. The Morgan fingerprint density at radius 1 is 1.25 bits per heavy atom. The first-order valence-corrected chi connectivity index (χ1v) is 6.74. The standard InChI is InChI=1S/C15H23N3O2/c1-11(2)9-17-13(19)10-18(3)15(20)14(16)12-7-5-4-6-8-12/h4-8,11,14H,9-10,16H2,1-3H3,(H,17,19). The first kappa shape index (κ1) is 16.2. The molecule has 0 fully saturated rings. The minimum absolute atomic E-state index is 0.0199. The summed E-state index contributed by atoms with van der Waals surface area (Å²) in [7, 11) is 1.58. The van der Waals surface area contributed by atoms with Crippen molar-refractivity contribution in [1.82, 2.24) is 10.2 Å². The minimum Gasteiger partial charge on any atom is -0.354 e. The first-order chi connectivity index (χ1) is 9.41. The van der Waals surface area contributed by atoms with Gasteiger partial charge in [0.05, 0.1) is 6.54 Å². The molecule has 2 amide bonds. The van der Waals surface area contributed by atoms with Gasteiger partial charge in [-0.1, -0.05) is 44.2 Å². The van der Waals surface area contributed by atoms with E-state index in [1.165, 1.54) is 4.90 Å². The molecule has 1 aromatic carbocycles. The molecule has 5 heteroatoms. The molecule has 1 atom stereocenters. The second-order valence-electron chi connectivity index (χ2n) is 5.28. The van der Waals surface area contributed by atoms with Gasteiger partial charge in [0, 0.05) is 13.6 Å². The number of nitrogens with zero attached hydrogens (tertiary/aromatic N) is 1. The molecule has 0 aromatic heterocycles. The number of benzene rings is 1. The summed E-state index contributed by atoms with van der Waals surface area (Å²) >= 11 is 0. The van der Waals surface area contributed by atoms with Crippen molar-refractivity contribution in [2.75, 3.05) is 20.1 Å². The van der Waals surface area contributed by atoms with Crippen LogP contribution in [0.15, 0.2) is 30.3 Å². The van der Waals surface area contributed by atoms with Crippen molar-refractivity contribution < 1.29 is 9.59 Å². The number of nitrogens with one attached hydrogen (secondary N) is 1. The van der Waals surface area contributed by atoms with Crippen molar-refractivity contribution in [2.24, 2.45) is 11.7 Å². The SMILES string of the molecule is CC(C)CNC(=O)CN(C)C(=O)C(N)c1ccccc1. The Kier molecular flexibility index (Phi) is 6.18. The maximum Gasteiger partial charge on any atom is 0.244 e. The molecule has 0 aliphatic heterocycles. The van der Waals surface area contributed by atoms with E-state index in [4.69, 9.17) is 5.73 Å². The summed E-state index contributed by atoms with van der Waals surface area (Å²) in [4.78, 5) is 25.2. The van der Waals surface area contributed by atoms with E-state index >= 15 is 0 Å². The third-order valence-corrected chi connectivity index (χ3v) is 2.89. The van der Waals surface area contributed by atoms with Crippen LogP contribution in [0.3, 0.4) is 0 Å². The van der Waals surface area contributed by atoms with Crippen LogP contribution in [-0.2, 0) is 9.59 Å². The van der Waals surface area contributed by atoms with Gasteiger partial charge in [0.1, 0.15) is 6.04 Å². The molecule has 1 unspecified atom stereocenters. The van der Waals surface area contributed by atoms with Gasteiger partial charge in [0.15, 0.2) is 0 Å². The number of carbonyl (C=O) groups excluding carboxylic acids is 2. The van der Waals surface area contributed by atoms with E-state index in [1.54, 1.807) is 19.2 Å². The number of likely N-dealkylation sites (N-methyl/N-ethyl adjacent to an activating group) is 1. The van der Waals surface area contributed by atoms with Gasteiger partial charge in [-0.25, -0.2) is 0 Å². The Labute approximate surface area is 120 Å². The summed E-state index contributed by atoms with van der Waals surface area (Å²) in [5, 5.41) is 2.77. The topological polar surface area (TPSA) is 75.4 Å². The van der Waals surface area contributed by atoms with Gasteiger partial charge >= 0.3 is 0 Å². The molecule has 0 heterocycles. The highest BCUT2D eigenvalue weighted by molar-refractivity contribution is 5.87. The average molecular weight is 277 g/mol. The van der Waals surface area contributed by atoms with Crippen LogP contribution in [0.2, 0.25) is 0 Å². The molecule has 110 valence electrons. The summed E-state index contributed by atoms with van der Waals surface area (Å²) in [5.41, 5.74) is 6.66. The Balaban J connectivity index is 2.52. The lowest BCUT2D eigenvalue weighted by Crippen LogP contribution is -2.42. The molecular weight excluding hydrogens is 254 g/mol. The van der Waals surface area contributed by atoms with Gasteiger partial charge in [-0.15, -0.1) is 0 Å². The number of nitrogens with two attached hydrogens (primary N) is 1. The predicted octanol–water partition coefficient (Wildman–Crippen LogP) is 0.917. The highest BCUT2D eigenvalue weighted by atomic mass is 16.2. The van der Waals surface area contributed by atoms with Crippen molar-refractivity contribution in [3.8, 4) is 0 Å². The molecule has 0 saturated carbocycles. The normalized spacial score (nSPS) is 12.1. The second kappa shape index (κ2) is 7.65. The van der Waals surface area contributed by atoms with Crippen molar-refractivity contribution >= 4 is 11.8 Å². The number of hydrogen-bond acceptors (Lipinski definition) is 3. The van der Waals surface area contributed by atoms with E-state index in [0.717, 1.165) is 5.56 Å². The van der Waals surface area contributed by atoms with Gasteiger partial charge in [0.2, 0.25) is 11.8 Å². The lowest BCUT2D eigenvalue weighted by molar-refractivity contribution is -0.135. The highest BCUT2D eigenvalue weighted by Gasteiger charge is 2.21.